The molecule has 2 rings (SSSR count). The van der Waals surface area contributed by atoms with Gasteiger partial charge in [-0.2, -0.15) is 0 Å². The lowest BCUT2D eigenvalue weighted by atomic mass is 10.0. The quantitative estimate of drug-likeness (QED) is 0.340. The van der Waals surface area contributed by atoms with Gasteiger partial charge < -0.3 is 16.3 Å². The molecule has 0 aromatic heterocycles. The SMILES string of the molecule is N/C(=N/O)C1CCCC1NC(=O)c1cccc(Br)c1F. The summed E-state index contributed by atoms with van der Waals surface area (Å²) in [5, 5.41) is 14.5. The first kappa shape index (κ1) is 14.8. The van der Waals surface area contributed by atoms with Gasteiger partial charge in [0.25, 0.3) is 5.91 Å². The van der Waals surface area contributed by atoms with Gasteiger partial charge in [0.1, 0.15) is 11.7 Å². The van der Waals surface area contributed by atoms with Crippen LogP contribution in [0, 0.1) is 11.7 Å². The maximum absolute atomic E-state index is 13.9. The van der Waals surface area contributed by atoms with Gasteiger partial charge in [0.15, 0.2) is 0 Å². The minimum Gasteiger partial charge on any atom is -0.409 e. The van der Waals surface area contributed by atoms with Gasteiger partial charge in [-0.05, 0) is 40.9 Å². The molecule has 7 heteroatoms. The summed E-state index contributed by atoms with van der Waals surface area (Å²) in [4.78, 5) is 12.1. The van der Waals surface area contributed by atoms with E-state index in [1.54, 1.807) is 6.07 Å². The molecule has 1 aromatic carbocycles. The first-order valence-electron chi connectivity index (χ1n) is 6.27. The normalized spacial score (nSPS) is 22.8. The molecule has 1 fully saturated rings. The number of halogens is 2. The molecule has 5 nitrogen and oxygen atoms in total. The molecule has 20 heavy (non-hydrogen) atoms. The average Bonchev–Trinajstić information content (AvgIpc) is 2.89. The highest BCUT2D eigenvalue weighted by Crippen LogP contribution is 2.26. The molecule has 1 saturated carbocycles. The average molecular weight is 344 g/mol. The third-order valence-electron chi connectivity index (χ3n) is 3.52. The summed E-state index contributed by atoms with van der Waals surface area (Å²) >= 11 is 3.05. The van der Waals surface area contributed by atoms with Crippen LogP contribution in [-0.4, -0.2) is 23.0 Å². The number of nitrogens with one attached hydrogen (secondary N) is 1. The van der Waals surface area contributed by atoms with Crippen LogP contribution in [0.2, 0.25) is 0 Å². The lowest BCUT2D eigenvalue weighted by Crippen LogP contribution is -2.42. The van der Waals surface area contributed by atoms with E-state index >= 15 is 0 Å². The van der Waals surface area contributed by atoms with Crippen LogP contribution in [0.4, 0.5) is 4.39 Å². The van der Waals surface area contributed by atoms with E-state index < -0.39 is 11.7 Å². The Hall–Kier alpha value is -1.63. The summed E-state index contributed by atoms with van der Waals surface area (Å²) in [7, 11) is 0. The van der Waals surface area contributed by atoms with Crippen molar-refractivity contribution in [2.24, 2.45) is 16.8 Å². The summed E-state index contributed by atoms with van der Waals surface area (Å²) < 4.78 is 14.1. The zero-order valence-corrected chi connectivity index (χ0v) is 12.2. The summed E-state index contributed by atoms with van der Waals surface area (Å²) in [5.41, 5.74) is 5.58. The molecule has 0 spiro atoms. The van der Waals surface area contributed by atoms with Gasteiger partial charge in [-0.1, -0.05) is 17.6 Å². The summed E-state index contributed by atoms with van der Waals surface area (Å²) in [6.45, 7) is 0. The van der Waals surface area contributed by atoms with Crippen LogP contribution in [0.1, 0.15) is 29.6 Å². The number of oxime groups is 1. The highest BCUT2D eigenvalue weighted by Gasteiger charge is 2.32. The number of nitrogens with two attached hydrogens (primary N) is 1. The second-order valence-electron chi connectivity index (χ2n) is 4.74. The van der Waals surface area contributed by atoms with Crippen LogP contribution in [0.15, 0.2) is 27.8 Å². The zero-order valence-electron chi connectivity index (χ0n) is 10.6. The largest absolute Gasteiger partial charge is 0.409 e. The molecule has 1 aliphatic carbocycles. The van der Waals surface area contributed by atoms with E-state index in [2.05, 4.69) is 26.4 Å². The molecular formula is C13H15BrFN3O2. The van der Waals surface area contributed by atoms with Gasteiger partial charge in [0.05, 0.1) is 10.0 Å². The molecule has 4 N–H and O–H groups in total. The lowest BCUT2D eigenvalue weighted by Gasteiger charge is -2.20. The van der Waals surface area contributed by atoms with Crippen molar-refractivity contribution in [1.82, 2.24) is 5.32 Å². The van der Waals surface area contributed by atoms with E-state index in [-0.39, 0.29) is 27.8 Å². The zero-order chi connectivity index (χ0) is 14.7. The minimum atomic E-state index is -0.594. The van der Waals surface area contributed by atoms with E-state index in [1.807, 2.05) is 0 Å². The Morgan fingerprint density at radius 2 is 2.25 bits per heavy atom. The summed E-state index contributed by atoms with van der Waals surface area (Å²) in [5.74, 6) is -1.20. The van der Waals surface area contributed by atoms with Crippen LogP contribution < -0.4 is 11.1 Å². The Morgan fingerprint density at radius 1 is 1.50 bits per heavy atom. The third kappa shape index (κ3) is 2.92. The fraction of sp³-hybridized carbons (Fsp3) is 0.385. The third-order valence-corrected chi connectivity index (χ3v) is 4.14. The molecule has 0 saturated heterocycles. The number of nitrogens with zero attached hydrogens (tertiary/aromatic N) is 1. The Kier molecular flexibility index (Phi) is 4.59. The Bertz CT molecular complexity index is 550. The minimum absolute atomic E-state index is 0.0236. The summed E-state index contributed by atoms with van der Waals surface area (Å²) in [6.07, 6.45) is 2.33. The molecule has 2 unspecified atom stereocenters. The number of hydrogen-bond acceptors (Lipinski definition) is 3. The Morgan fingerprint density at radius 3 is 2.95 bits per heavy atom. The van der Waals surface area contributed by atoms with Gasteiger partial charge in [-0.15, -0.1) is 0 Å². The fourth-order valence-electron chi connectivity index (χ4n) is 2.49. The van der Waals surface area contributed by atoms with Gasteiger partial charge in [0, 0.05) is 12.0 Å². The van der Waals surface area contributed by atoms with E-state index in [4.69, 9.17) is 10.9 Å². The lowest BCUT2D eigenvalue weighted by molar-refractivity contribution is 0.0929. The van der Waals surface area contributed by atoms with Crippen LogP contribution in [-0.2, 0) is 0 Å². The molecular weight excluding hydrogens is 329 g/mol. The predicted molar refractivity (Wildman–Crippen MR) is 76.1 cm³/mol. The fourth-order valence-corrected chi connectivity index (χ4v) is 2.85. The molecule has 1 amide bonds. The monoisotopic (exact) mass is 343 g/mol. The first-order chi connectivity index (χ1) is 9.54. The van der Waals surface area contributed by atoms with Crippen molar-refractivity contribution in [2.75, 3.05) is 0 Å². The van der Waals surface area contributed by atoms with Crippen molar-refractivity contribution < 1.29 is 14.4 Å². The van der Waals surface area contributed by atoms with Crippen LogP contribution in [0.5, 0.6) is 0 Å². The molecule has 0 aliphatic heterocycles. The van der Waals surface area contributed by atoms with Crippen LogP contribution in [0.3, 0.4) is 0 Å². The molecule has 0 radical (unpaired) electrons. The number of carbonyl (C=O) groups excluding carboxylic acids is 1. The second-order valence-corrected chi connectivity index (χ2v) is 5.60. The second kappa shape index (κ2) is 6.21. The highest BCUT2D eigenvalue weighted by molar-refractivity contribution is 9.10. The van der Waals surface area contributed by atoms with E-state index in [0.717, 1.165) is 19.3 Å². The van der Waals surface area contributed by atoms with Gasteiger partial charge in [0.2, 0.25) is 0 Å². The van der Waals surface area contributed by atoms with Crippen molar-refractivity contribution >= 4 is 27.7 Å². The van der Waals surface area contributed by atoms with Crippen molar-refractivity contribution in [3.05, 3.63) is 34.1 Å². The van der Waals surface area contributed by atoms with Gasteiger partial charge >= 0.3 is 0 Å². The number of hydrogen-bond donors (Lipinski definition) is 3. The van der Waals surface area contributed by atoms with E-state index in [1.165, 1.54) is 12.1 Å². The number of amidine groups is 1. The molecule has 0 bridgehead atoms. The molecule has 1 aliphatic rings. The topological polar surface area (TPSA) is 87.7 Å². The Balaban J connectivity index is 2.13. The van der Waals surface area contributed by atoms with E-state index in [9.17, 15) is 9.18 Å². The standard InChI is InChI=1S/C13H15BrFN3O2/c14-9-5-1-4-8(11(9)15)13(19)17-10-6-2-3-7(10)12(16)18-20/h1,4-5,7,10,20H,2-3,6H2,(H2,16,18)(H,17,19). The van der Waals surface area contributed by atoms with Crippen molar-refractivity contribution in [1.29, 1.82) is 0 Å². The molecule has 1 aromatic rings. The summed E-state index contributed by atoms with van der Waals surface area (Å²) in [6, 6.07) is 4.30. The smallest absolute Gasteiger partial charge is 0.254 e. The number of carbonyl (C=O) groups is 1. The molecule has 0 heterocycles. The number of amides is 1. The number of benzene rings is 1. The predicted octanol–water partition coefficient (Wildman–Crippen LogP) is 2.23. The van der Waals surface area contributed by atoms with Crippen molar-refractivity contribution in [2.45, 2.75) is 25.3 Å². The van der Waals surface area contributed by atoms with Crippen LogP contribution >= 0.6 is 15.9 Å². The Labute approximate surface area is 124 Å². The number of rotatable bonds is 3. The van der Waals surface area contributed by atoms with Crippen molar-refractivity contribution in [3.63, 3.8) is 0 Å². The van der Waals surface area contributed by atoms with Crippen LogP contribution in [0.25, 0.3) is 0 Å². The highest BCUT2D eigenvalue weighted by atomic mass is 79.9. The van der Waals surface area contributed by atoms with Crippen molar-refractivity contribution in [3.8, 4) is 0 Å². The maximum Gasteiger partial charge on any atom is 0.254 e. The van der Waals surface area contributed by atoms with Gasteiger partial charge in [-0.3, -0.25) is 4.79 Å². The maximum atomic E-state index is 13.9. The van der Waals surface area contributed by atoms with Gasteiger partial charge in [-0.25, -0.2) is 4.39 Å². The molecule has 108 valence electrons. The van der Waals surface area contributed by atoms with E-state index in [0.29, 0.717) is 0 Å². The molecule has 2 atom stereocenters. The first-order valence-corrected chi connectivity index (χ1v) is 7.06.